The molecule has 3 rings (SSSR count). The van der Waals surface area contributed by atoms with Gasteiger partial charge in [-0.2, -0.15) is 0 Å². The quantitative estimate of drug-likeness (QED) is 0.0483. The number of hydrogen-bond acceptors (Lipinski definition) is 4. The average Bonchev–Trinajstić information content (AvgIpc) is 3.19. The summed E-state index contributed by atoms with van der Waals surface area (Å²) in [5.74, 6) is -0.229. The number of hydrogen-bond donors (Lipinski definition) is 2. The Hall–Kier alpha value is -4.81. The second-order valence-corrected chi connectivity index (χ2v) is 15.5. The molecule has 2 N–H and O–H groups in total. The SMILES string of the molecule is CC/C=C\C/C=C\C/C=C\C/C=C\C/C=C\C/C=C\CCC(=O)NCCOCCNC(=O)c1ccc(/C=C/C(=O)c2ccc3c(c2)C(C)(C)CCC3(C)C)cc1. The third-order valence-corrected chi connectivity index (χ3v) is 9.97. The molecule has 0 fully saturated rings. The fourth-order valence-corrected chi connectivity index (χ4v) is 6.40. The van der Waals surface area contributed by atoms with Gasteiger partial charge in [-0.25, -0.2) is 0 Å². The van der Waals surface area contributed by atoms with Crippen molar-refractivity contribution in [3.63, 3.8) is 0 Å². The van der Waals surface area contributed by atoms with E-state index in [1.165, 1.54) is 11.1 Å². The number of allylic oxidation sites excluding steroid dienone is 13. The summed E-state index contributed by atoms with van der Waals surface area (Å²) in [6.07, 6.45) is 38.6. The number of benzene rings is 2. The minimum atomic E-state index is -0.192. The summed E-state index contributed by atoms with van der Waals surface area (Å²) in [5.41, 5.74) is 4.83. The number of ether oxygens (including phenoxy) is 1. The van der Waals surface area contributed by atoms with Crippen molar-refractivity contribution in [3.8, 4) is 0 Å². The zero-order chi connectivity index (χ0) is 40.5. The van der Waals surface area contributed by atoms with Crippen LogP contribution in [0.3, 0.4) is 0 Å². The van der Waals surface area contributed by atoms with Crippen LogP contribution in [0.5, 0.6) is 0 Å². The molecule has 1 aliphatic carbocycles. The second-order valence-electron chi connectivity index (χ2n) is 15.5. The second kappa shape index (κ2) is 25.4. The largest absolute Gasteiger partial charge is 0.378 e. The van der Waals surface area contributed by atoms with Crippen LogP contribution in [-0.2, 0) is 20.4 Å². The van der Waals surface area contributed by atoms with Gasteiger partial charge in [0.15, 0.2) is 5.78 Å². The molecular formula is C50H66N2O4. The highest BCUT2D eigenvalue weighted by Gasteiger charge is 2.37. The van der Waals surface area contributed by atoms with E-state index in [0.29, 0.717) is 50.3 Å². The van der Waals surface area contributed by atoms with Gasteiger partial charge in [0.05, 0.1) is 13.2 Å². The van der Waals surface area contributed by atoms with Gasteiger partial charge in [-0.15, -0.1) is 0 Å². The fourth-order valence-electron chi connectivity index (χ4n) is 6.40. The van der Waals surface area contributed by atoms with E-state index < -0.39 is 0 Å². The fraction of sp³-hybridized carbons (Fsp3) is 0.420. The molecule has 1 aliphatic rings. The smallest absolute Gasteiger partial charge is 0.251 e. The first kappa shape index (κ1) is 45.6. The summed E-state index contributed by atoms with van der Waals surface area (Å²) < 4.78 is 5.57. The molecule has 0 aromatic heterocycles. The number of rotatable bonds is 24. The lowest BCUT2D eigenvalue weighted by atomic mass is 9.63. The van der Waals surface area contributed by atoms with Crippen molar-refractivity contribution in [2.75, 3.05) is 26.3 Å². The third kappa shape index (κ3) is 17.3. The molecule has 6 nitrogen and oxygen atoms in total. The predicted octanol–water partition coefficient (Wildman–Crippen LogP) is 11.3. The van der Waals surface area contributed by atoms with E-state index in [2.05, 4.69) is 124 Å². The van der Waals surface area contributed by atoms with Crippen molar-refractivity contribution in [1.29, 1.82) is 0 Å². The molecule has 2 aromatic carbocycles. The van der Waals surface area contributed by atoms with Crippen molar-refractivity contribution in [3.05, 3.63) is 149 Å². The number of fused-ring (bicyclic) bond motifs is 1. The summed E-state index contributed by atoms with van der Waals surface area (Å²) >= 11 is 0. The maximum Gasteiger partial charge on any atom is 0.251 e. The molecule has 0 bridgehead atoms. The lowest BCUT2D eigenvalue weighted by Crippen LogP contribution is -2.34. The highest BCUT2D eigenvalue weighted by Crippen LogP contribution is 2.46. The number of amides is 2. The summed E-state index contributed by atoms with van der Waals surface area (Å²) in [4.78, 5) is 37.8. The van der Waals surface area contributed by atoms with Crippen LogP contribution in [0.1, 0.15) is 136 Å². The molecule has 0 unspecified atom stereocenters. The molecule has 0 saturated carbocycles. The van der Waals surface area contributed by atoms with Crippen LogP contribution >= 0.6 is 0 Å². The first-order chi connectivity index (χ1) is 27.0. The number of nitrogens with one attached hydrogen (secondary N) is 2. The first-order valence-electron chi connectivity index (χ1n) is 20.5. The molecule has 6 heteroatoms. The Labute approximate surface area is 337 Å². The Balaban J connectivity index is 1.20. The lowest BCUT2D eigenvalue weighted by molar-refractivity contribution is -0.121. The minimum absolute atomic E-state index is 0.00384. The van der Waals surface area contributed by atoms with E-state index in [1.54, 1.807) is 24.3 Å². The van der Waals surface area contributed by atoms with Crippen molar-refractivity contribution in [1.82, 2.24) is 10.6 Å². The molecule has 56 heavy (non-hydrogen) atoms. The Morgan fingerprint density at radius 2 is 1.12 bits per heavy atom. The van der Waals surface area contributed by atoms with E-state index in [0.717, 1.165) is 56.9 Å². The maximum atomic E-state index is 13.1. The predicted molar refractivity (Wildman–Crippen MR) is 235 cm³/mol. The molecular weight excluding hydrogens is 693 g/mol. The normalized spacial score (nSPS) is 15.3. The number of carbonyl (C=O) groups is 3. The molecule has 0 spiro atoms. The van der Waals surface area contributed by atoms with E-state index in [1.807, 2.05) is 24.3 Å². The van der Waals surface area contributed by atoms with Gasteiger partial charge < -0.3 is 15.4 Å². The zero-order valence-electron chi connectivity index (χ0n) is 34.7. The number of carbonyl (C=O) groups excluding carboxylic acids is 3. The molecule has 0 saturated heterocycles. The van der Waals surface area contributed by atoms with Gasteiger partial charge in [-0.05, 0) is 110 Å². The van der Waals surface area contributed by atoms with Crippen molar-refractivity contribution in [2.45, 2.75) is 110 Å². The Morgan fingerprint density at radius 1 is 0.625 bits per heavy atom. The Morgan fingerprint density at radius 3 is 1.70 bits per heavy atom. The van der Waals surface area contributed by atoms with Gasteiger partial charge in [0.25, 0.3) is 5.91 Å². The molecule has 2 amide bonds. The van der Waals surface area contributed by atoms with E-state index in [4.69, 9.17) is 4.74 Å². The van der Waals surface area contributed by atoms with Gasteiger partial charge in [0.2, 0.25) is 5.91 Å². The van der Waals surface area contributed by atoms with Crippen LogP contribution in [-0.4, -0.2) is 43.9 Å². The summed E-state index contributed by atoms with van der Waals surface area (Å²) in [6.45, 7) is 12.7. The van der Waals surface area contributed by atoms with Crippen molar-refractivity contribution >= 4 is 23.7 Å². The van der Waals surface area contributed by atoms with Gasteiger partial charge in [-0.3, -0.25) is 14.4 Å². The van der Waals surface area contributed by atoms with Gasteiger partial charge in [0, 0.05) is 30.6 Å². The van der Waals surface area contributed by atoms with Gasteiger partial charge in [-0.1, -0.05) is 138 Å². The highest BCUT2D eigenvalue weighted by atomic mass is 16.5. The third-order valence-electron chi connectivity index (χ3n) is 9.97. The average molecular weight is 759 g/mol. The van der Waals surface area contributed by atoms with Gasteiger partial charge in [0.1, 0.15) is 0 Å². The Kier molecular flexibility index (Phi) is 20.6. The van der Waals surface area contributed by atoms with Crippen LogP contribution in [0.4, 0.5) is 0 Å². The zero-order valence-corrected chi connectivity index (χ0v) is 34.7. The van der Waals surface area contributed by atoms with E-state index >= 15 is 0 Å². The molecule has 300 valence electrons. The standard InChI is InChI=1S/C50H66N2O4/c1-6-7-8-9-10-11-12-13-14-15-16-17-18-19-20-21-22-23-24-25-47(54)51-36-38-56-39-37-52-48(55)42-29-26-41(27-30-42)28-33-46(53)43-31-32-44-45(40-43)50(4,5)35-34-49(44,2)3/h7-8,10-11,13-14,16-17,19-20,22-23,26-33,40H,6,9,12,15,18,21,24-25,34-39H2,1-5H3,(H,51,54)(H,52,55)/b8-7-,11-10-,14-13-,17-16-,20-19-,23-22-,33-28+. The van der Waals surface area contributed by atoms with Crippen LogP contribution in [0.25, 0.3) is 6.08 Å². The molecule has 0 heterocycles. The van der Waals surface area contributed by atoms with Crippen LogP contribution in [0.2, 0.25) is 0 Å². The summed E-state index contributed by atoms with van der Waals surface area (Å²) in [7, 11) is 0. The topological polar surface area (TPSA) is 84.5 Å². The first-order valence-corrected chi connectivity index (χ1v) is 20.5. The minimum Gasteiger partial charge on any atom is -0.378 e. The monoisotopic (exact) mass is 759 g/mol. The highest BCUT2D eigenvalue weighted by molar-refractivity contribution is 6.07. The van der Waals surface area contributed by atoms with Crippen LogP contribution in [0.15, 0.2) is 121 Å². The molecule has 0 aliphatic heterocycles. The van der Waals surface area contributed by atoms with Crippen LogP contribution in [0, 0.1) is 0 Å². The van der Waals surface area contributed by atoms with Crippen LogP contribution < -0.4 is 10.6 Å². The number of ketones is 1. The summed E-state index contributed by atoms with van der Waals surface area (Å²) in [6, 6.07) is 13.3. The van der Waals surface area contributed by atoms with Gasteiger partial charge >= 0.3 is 0 Å². The van der Waals surface area contributed by atoms with E-state index in [9.17, 15) is 14.4 Å². The lowest BCUT2D eigenvalue weighted by Gasteiger charge is -2.42. The molecule has 2 aromatic rings. The van der Waals surface area contributed by atoms with Crippen molar-refractivity contribution < 1.29 is 19.1 Å². The maximum absolute atomic E-state index is 13.1. The molecule has 0 radical (unpaired) electrons. The van der Waals surface area contributed by atoms with E-state index in [-0.39, 0.29) is 28.4 Å². The summed E-state index contributed by atoms with van der Waals surface area (Å²) in [5, 5.41) is 5.73. The Bertz CT molecular complexity index is 1730. The molecule has 0 atom stereocenters. The van der Waals surface area contributed by atoms with Crippen molar-refractivity contribution in [2.24, 2.45) is 0 Å².